The van der Waals surface area contributed by atoms with Gasteiger partial charge in [-0.2, -0.15) is 0 Å². The molecule has 6 nitrogen and oxygen atoms in total. The minimum absolute atomic E-state index is 0.0968. The average molecular weight is 545 g/mol. The Morgan fingerprint density at radius 3 is 2.42 bits per heavy atom. The number of phenols is 2. The lowest BCUT2D eigenvalue weighted by molar-refractivity contribution is 0.0613. The number of fused-ring (bicyclic) bond motifs is 1. The first kappa shape index (κ1) is 28.2. The van der Waals surface area contributed by atoms with Crippen LogP contribution in [0.5, 0.6) is 23.0 Å². The average Bonchev–Trinajstić information content (AvgIpc) is 3.20. The summed E-state index contributed by atoms with van der Waals surface area (Å²) >= 11 is 0. The quantitative estimate of drug-likeness (QED) is 0.241. The summed E-state index contributed by atoms with van der Waals surface area (Å²) in [4.78, 5) is 2.53. The van der Waals surface area contributed by atoms with Crippen LogP contribution < -0.4 is 14.8 Å². The van der Waals surface area contributed by atoms with Gasteiger partial charge in [-0.15, -0.1) is 0 Å². The Morgan fingerprint density at radius 1 is 0.925 bits per heavy atom. The van der Waals surface area contributed by atoms with Crippen molar-refractivity contribution in [3.8, 4) is 23.0 Å². The van der Waals surface area contributed by atoms with Crippen molar-refractivity contribution in [1.29, 1.82) is 0 Å². The van der Waals surface area contributed by atoms with E-state index in [1.807, 2.05) is 18.2 Å². The first-order valence-electron chi connectivity index (χ1n) is 14.9. The van der Waals surface area contributed by atoms with Crippen molar-refractivity contribution < 1.29 is 19.7 Å². The van der Waals surface area contributed by atoms with Crippen molar-refractivity contribution in [2.24, 2.45) is 0 Å². The third-order valence-corrected chi connectivity index (χ3v) is 8.36. The van der Waals surface area contributed by atoms with Crippen LogP contribution in [0, 0.1) is 0 Å². The van der Waals surface area contributed by atoms with Gasteiger partial charge in [-0.05, 0) is 100.0 Å². The molecule has 1 unspecified atom stereocenters. The van der Waals surface area contributed by atoms with Crippen molar-refractivity contribution in [1.82, 2.24) is 4.90 Å². The highest BCUT2D eigenvalue weighted by atomic mass is 16.5. The van der Waals surface area contributed by atoms with Crippen LogP contribution in [0.15, 0.2) is 60.7 Å². The summed E-state index contributed by atoms with van der Waals surface area (Å²) < 4.78 is 12.4. The molecule has 0 spiro atoms. The van der Waals surface area contributed by atoms with E-state index in [1.165, 1.54) is 44.3 Å². The van der Waals surface area contributed by atoms with Gasteiger partial charge in [-0.1, -0.05) is 37.1 Å². The monoisotopic (exact) mass is 544 g/mol. The molecule has 3 N–H and O–H groups in total. The fourth-order valence-electron chi connectivity index (χ4n) is 6.03. The Balaban J connectivity index is 1.13. The van der Waals surface area contributed by atoms with Crippen molar-refractivity contribution >= 4 is 5.69 Å². The molecule has 6 heteroatoms. The molecule has 2 aliphatic heterocycles. The van der Waals surface area contributed by atoms with Gasteiger partial charge in [0.1, 0.15) is 35.2 Å². The fourth-order valence-corrected chi connectivity index (χ4v) is 6.03. The van der Waals surface area contributed by atoms with E-state index in [9.17, 15) is 10.2 Å². The molecule has 2 aliphatic rings. The maximum atomic E-state index is 10.2. The summed E-state index contributed by atoms with van der Waals surface area (Å²) in [7, 11) is 0. The lowest BCUT2D eigenvalue weighted by Gasteiger charge is -2.41. The van der Waals surface area contributed by atoms with Crippen molar-refractivity contribution in [3.05, 3.63) is 77.4 Å². The van der Waals surface area contributed by atoms with Crippen LogP contribution in [-0.2, 0) is 12.8 Å². The van der Waals surface area contributed by atoms with E-state index in [0.29, 0.717) is 0 Å². The van der Waals surface area contributed by atoms with Gasteiger partial charge in [-0.25, -0.2) is 0 Å². The van der Waals surface area contributed by atoms with E-state index in [0.717, 1.165) is 67.3 Å². The molecule has 1 fully saturated rings. The molecule has 3 aromatic rings. The minimum Gasteiger partial charge on any atom is -0.508 e. The van der Waals surface area contributed by atoms with Gasteiger partial charge < -0.3 is 25.0 Å². The summed E-state index contributed by atoms with van der Waals surface area (Å²) in [5.41, 5.74) is 3.97. The summed E-state index contributed by atoms with van der Waals surface area (Å²) in [6, 6.07) is 19.4. The molecule has 0 aliphatic carbocycles. The maximum absolute atomic E-state index is 10.2. The predicted molar refractivity (Wildman–Crippen MR) is 161 cm³/mol. The van der Waals surface area contributed by atoms with Gasteiger partial charge in [0.2, 0.25) is 0 Å². The molecule has 0 amide bonds. The molecule has 0 aromatic heterocycles. The van der Waals surface area contributed by atoms with E-state index >= 15 is 0 Å². The SMILES string of the molecule is CC1(C)Oc2cc(O)ccc2CC1c1ccc(O)cc1NCCCc1ccc(OCCN2CCCCCC2)cc1. The number of ether oxygens (including phenoxy) is 2. The zero-order valence-corrected chi connectivity index (χ0v) is 24.0. The van der Waals surface area contributed by atoms with Crippen LogP contribution in [-0.4, -0.2) is 53.5 Å². The van der Waals surface area contributed by atoms with E-state index in [-0.39, 0.29) is 17.4 Å². The number of hydrogen-bond donors (Lipinski definition) is 3. The van der Waals surface area contributed by atoms with Gasteiger partial charge in [0.05, 0.1) is 0 Å². The first-order valence-corrected chi connectivity index (χ1v) is 14.9. The fraction of sp³-hybridized carbons (Fsp3) is 0.471. The van der Waals surface area contributed by atoms with Crippen LogP contribution in [0.2, 0.25) is 0 Å². The van der Waals surface area contributed by atoms with Crippen LogP contribution in [0.25, 0.3) is 0 Å². The molecule has 40 heavy (non-hydrogen) atoms. The number of aromatic hydroxyl groups is 2. The minimum atomic E-state index is -0.467. The molecular formula is C34H44N2O4. The Hall–Kier alpha value is -3.38. The normalized spacial score (nSPS) is 18.8. The van der Waals surface area contributed by atoms with E-state index < -0.39 is 5.60 Å². The van der Waals surface area contributed by atoms with Crippen LogP contribution in [0.4, 0.5) is 5.69 Å². The van der Waals surface area contributed by atoms with E-state index in [4.69, 9.17) is 9.47 Å². The van der Waals surface area contributed by atoms with E-state index in [1.54, 1.807) is 18.2 Å². The lowest BCUT2D eigenvalue weighted by atomic mass is 9.77. The number of nitrogens with zero attached hydrogens (tertiary/aromatic N) is 1. The number of rotatable bonds is 10. The maximum Gasteiger partial charge on any atom is 0.127 e. The Morgan fingerprint density at radius 2 is 1.65 bits per heavy atom. The van der Waals surface area contributed by atoms with Crippen molar-refractivity contribution in [3.63, 3.8) is 0 Å². The number of aryl methyl sites for hydroxylation is 1. The van der Waals surface area contributed by atoms with Crippen molar-refractivity contribution in [2.45, 2.75) is 70.3 Å². The zero-order chi connectivity index (χ0) is 28.0. The van der Waals surface area contributed by atoms with Gasteiger partial charge >= 0.3 is 0 Å². The highest BCUT2D eigenvalue weighted by molar-refractivity contribution is 5.58. The second-order valence-corrected chi connectivity index (χ2v) is 11.8. The molecule has 3 aromatic carbocycles. The number of nitrogens with one attached hydrogen (secondary N) is 1. The largest absolute Gasteiger partial charge is 0.508 e. The summed E-state index contributed by atoms with van der Waals surface area (Å²) in [6.07, 6.45) is 8.07. The topological polar surface area (TPSA) is 74.2 Å². The predicted octanol–water partition coefficient (Wildman–Crippen LogP) is 6.89. The van der Waals surface area contributed by atoms with Gasteiger partial charge in [-0.3, -0.25) is 4.90 Å². The standard InChI is InChI=1S/C34H44N2O4/c1-34(2)31(22-26-11-12-28(38)24-33(26)40-34)30-16-13-27(37)23-32(30)35-17-7-8-25-9-14-29(15-10-25)39-21-20-36-18-5-3-4-6-19-36/h9-16,23-24,31,35,37-38H,3-8,17-22H2,1-2H3. The molecule has 0 saturated carbocycles. The number of hydrogen-bond acceptors (Lipinski definition) is 6. The lowest BCUT2D eigenvalue weighted by Crippen LogP contribution is -2.40. The number of anilines is 1. The number of phenolic OH excluding ortho intramolecular Hbond substituents is 2. The van der Waals surface area contributed by atoms with Gasteiger partial charge in [0.15, 0.2) is 0 Å². The van der Waals surface area contributed by atoms with Crippen LogP contribution in [0.1, 0.15) is 68.6 Å². The molecule has 0 bridgehead atoms. The van der Waals surface area contributed by atoms with Crippen LogP contribution >= 0.6 is 0 Å². The first-order chi connectivity index (χ1) is 19.4. The molecule has 1 atom stereocenters. The highest BCUT2D eigenvalue weighted by Gasteiger charge is 2.39. The summed E-state index contributed by atoms with van der Waals surface area (Å²) in [5, 5.41) is 23.7. The number of benzene rings is 3. The molecule has 214 valence electrons. The molecular weight excluding hydrogens is 500 g/mol. The van der Waals surface area contributed by atoms with Gasteiger partial charge in [0, 0.05) is 36.8 Å². The smallest absolute Gasteiger partial charge is 0.127 e. The van der Waals surface area contributed by atoms with E-state index in [2.05, 4.69) is 48.3 Å². The Bertz CT molecular complexity index is 1250. The second-order valence-electron chi connectivity index (χ2n) is 11.8. The highest BCUT2D eigenvalue weighted by Crippen LogP contribution is 2.45. The Labute approximate surface area is 238 Å². The molecule has 5 rings (SSSR count). The molecule has 1 saturated heterocycles. The summed E-state index contributed by atoms with van der Waals surface area (Å²) in [5.74, 6) is 2.24. The second kappa shape index (κ2) is 12.9. The third kappa shape index (κ3) is 7.22. The molecule has 0 radical (unpaired) electrons. The van der Waals surface area contributed by atoms with Crippen LogP contribution in [0.3, 0.4) is 0 Å². The molecule has 2 heterocycles. The van der Waals surface area contributed by atoms with Crippen molar-refractivity contribution in [2.75, 3.05) is 38.1 Å². The third-order valence-electron chi connectivity index (χ3n) is 8.36. The zero-order valence-electron chi connectivity index (χ0n) is 24.0. The van der Waals surface area contributed by atoms with Gasteiger partial charge in [0.25, 0.3) is 0 Å². The number of likely N-dealkylation sites (tertiary alicyclic amines) is 1. The summed E-state index contributed by atoms with van der Waals surface area (Å²) in [6.45, 7) is 9.12. The Kier molecular flexibility index (Phi) is 9.05.